The van der Waals surface area contributed by atoms with E-state index >= 15 is 0 Å². The van der Waals surface area contributed by atoms with Crippen LogP contribution in [0.4, 0.5) is 9.39 Å². The molecule has 1 aromatic heterocycles. The number of amides is 2. The lowest BCUT2D eigenvalue weighted by Crippen LogP contribution is -2.27. The molecule has 0 saturated carbocycles. The summed E-state index contributed by atoms with van der Waals surface area (Å²) in [6.45, 7) is 2.39. The second-order valence-corrected chi connectivity index (χ2v) is 6.82. The van der Waals surface area contributed by atoms with Gasteiger partial charge in [-0.1, -0.05) is 12.1 Å². The average molecular weight is 348 g/mol. The molecule has 0 aliphatic carbocycles. The Kier molecular flexibility index (Phi) is 4.64. The Morgan fingerprint density at radius 1 is 1.33 bits per heavy atom. The molecule has 3 rings (SSSR count). The Morgan fingerprint density at radius 3 is 2.62 bits per heavy atom. The van der Waals surface area contributed by atoms with Gasteiger partial charge in [-0.05, 0) is 37.5 Å². The van der Waals surface area contributed by atoms with Crippen LogP contribution in [-0.2, 0) is 9.53 Å². The second kappa shape index (κ2) is 6.70. The molecule has 3 N–H and O–H groups in total. The highest BCUT2D eigenvalue weighted by atomic mass is 32.1. The maximum atomic E-state index is 13.2. The minimum absolute atomic E-state index is 0.246. The van der Waals surface area contributed by atoms with Gasteiger partial charge in [0.05, 0.1) is 5.56 Å². The van der Waals surface area contributed by atoms with Crippen LogP contribution in [0.5, 0.6) is 0 Å². The first-order valence-corrected chi connectivity index (χ1v) is 8.40. The van der Waals surface area contributed by atoms with Crippen molar-refractivity contribution in [2.24, 2.45) is 5.73 Å². The first-order chi connectivity index (χ1) is 11.5. The quantitative estimate of drug-likeness (QED) is 0.891. The van der Waals surface area contributed by atoms with Crippen LogP contribution in [-0.4, -0.2) is 24.5 Å². The molecule has 1 aliphatic rings. The number of benzene rings is 1. The number of thiophene rings is 1. The molecular weight excluding hydrogens is 331 g/mol. The highest BCUT2D eigenvalue weighted by molar-refractivity contribution is 7.17. The fourth-order valence-corrected chi connectivity index (χ4v) is 3.89. The van der Waals surface area contributed by atoms with Gasteiger partial charge in [0.1, 0.15) is 16.9 Å². The van der Waals surface area contributed by atoms with Crippen molar-refractivity contribution < 1.29 is 18.7 Å². The van der Waals surface area contributed by atoms with Gasteiger partial charge in [-0.25, -0.2) is 4.39 Å². The predicted molar refractivity (Wildman–Crippen MR) is 90.6 cm³/mol. The van der Waals surface area contributed by atoms with Crippen LogP contribution in [0.3, 0.4) is 0 Å². The zero-order chi connectivity index (χ0) is 17.3. The zero-order valence-corrected chi connectivity index (χ0v) is 13.9. The van der Waals surface area contributed by atoms with Gasteiger partial charge in [0.25, 0.3) is 11.8 Å². The van der Waals surface area contributed by atoms with Crippen molar-refractivity contribution >= 4 is 28.2 Å². The number of hydrogen-bond acceptors (Lipinski definition) is 4. The van der Waals surface area contributed by atoms with Crippen LogP contribution in [0.2, 0.25) is 0 Å². The van der Waals surface area contributed by atoms with Crippen molar-refractivity contribution in [1.29, 1.82) is 0 Å². The average Bonchev–Trinajstić information content (AvgIpc) is 3.16. The fraction of sp³-hybridized carbons (Fsp3) is 0.294. The molecule has 1 aliphatic heterocycles. The van der Waals surface area contributed by atoms with Gasteiger partial charge in [0.2, 0.25) is 0 Å². The number of rotatable bonds is 4. The maximum absolute atomic E-state index is 13.2. The summed E-state index contributed by atoms with van der Waals surface area (Å²) in [7, 11) is 0. The maximum Gasteiger partial charge on any atom is 0.254 e. The van der Waals surface area contributed by atoms with E-state index in [2.05, 4.69) is 5.32 Å². The largest absolute Gasteiger partial charge is 0.368 e. The molecule has 1 fully saturated rings. The summed E-state index contributed by atoms with van der Waals surface area (Å²) in [5.74, 6) is -1.28. The van der Waals surface area contributed by atoms with Crippen LogP contribution >= 0.6 is 11.3 Å². The summed E-state index contributed by atoms with van der Waals surface area (Å²) in [6.07, 6.45) is 1.00. The number of nitrogens with one attached hydrogen (secondary N) is 1. The van der Waals surface area contributed by atoms with Crippen LogP contribution in [0.15, 0.2) is 24.3 Å². The Bertz CT molecular complexity index is 780. The highest BCUT2D eigenvalue weighted by Gasteiger charge is 2.27. The first-order valence-electron chi connectivity index (χ1n) is 7.59. The molecule has 1 atom stereocenters. The van der Waals surface area contributed by atoms with Gasteiger partial charge in [0.15, 0.2) is 0 Å². The van der Waals surface area contributed by atoms with E-state index in [0.29, 0.717) is 29.2 Å². The summed E-state index contributed by atoms with van der Waals surface area (Å²) in [4.78, 5) is 25.0. The van der Waals surface area contributed by atoms with Crippen LogP contribution in [0.25, 0.3) is 11.1 Å². The van der Waals surface area contributed by atoms with Gasteiger partial charge in [-0.15, -0.1) is 11.3 Å². The lowest BCUT2D eigenvalue weighted by Gasteiger charge is -2.10. The lowest BCUT2D eigenvalue weighted by molar-refractivity contribution is -0.124. The minimum Gasteiger partial charge on any atom is -0.368 e. The Hall–Kier alpha value is -2.25. The molecule has 0 spiro atoms. The third kappa shape index (κ3) is 3.18. The summed E-state index contributed by atoms with van der Waals surface area (Å²) < 4.78 is 18.5. The summed E-state index contributed by atoms with van der Waals surface area (Å²) in [5.41, 5.74) is 7.08. The van der Waals surface area contributed by atoms with E-state index in [1.807, 2.05) is 6.92 Å². The number of nitrogens with two attached hydrogens (primary N) is 1. The second-order valence-electron chi connectivity index (χ2n) is 5.60. The number of aryl methyl sites for hydroxylation is 1. The van der Waals surface area contributed by atoms with E-state index in [9.17, 15) is 14.0 Å². The molecule has 1 aromatic carbocycles. The van der Waals surface area contributed by atoms with Crippen molar-refractivity contribution in [2.75, 3.05) is 11.9 Å². The van der Waals surface area contributed by atoms with Crippen LogP contribution in [0.1, 0.15) is 28.1 Å². The Balaban J connectivity index is 1.98. The first kappa shape index (κ1) is 16.6. The van der Waals surface area contributed by atoms with Crippen LogP contribution in [0, 0.1) is 12.7 Å². The number of carbonyl (C=O) groups excluding carboxylic acids is 2. The minimum atomic E-state index is -0.638. The number of anilines is 1. The Labute approximate surface area is 142 Å². The fourth-order valence-electron chi connectivity index (χ4n) is 2.81. The molecule has 5 nitrogen and oxygen atoms in total. The third-order valence-corrected chi connectivity index (χ3v) is 4.94. The molecule has 0 bridgehead atoms. The number of ether oxygens (including phenoxy) is 1. The topological polar surface area (TPSA) is 81.4 Å². The normalized spacial score (nSPS) is 17.0. The molecule has 126 valence electrons. The van der Waals surface area contributed by atoms with Gasteiger partial charge in [-0.3, -0.25) is 9.59 Å². The van der Waals surface area contributed by atoms with E-state index in [1.54, 1.807) is 12.1 Å². The molecule has 0 unspecified atom stereocenters. The van der Waals surface area contributed by atoms with E-state index in [1.165, 1.54) is 23.5 Å². The number of primary amides is 1. The zero-order valence-electron chi connectivity index (χ0n) is 13.1. The monoisotopic (exact) mass is 348 g/mol. The molecule has 2 aromatic rings. The number of halogens is 1. The predicted octanol–water partition coefficient (Wildman–Crippen LogP) is 3.08. The van der Waals surface area contributed by atoms with Crippen molar-refractivity contribution in [3.8, 4) is 11.1 Å². The van der Waals surface area contributed by atoms with E-state index < -0.39 is 12.0 Å². The third-order valence-electron chi connectivity index (χ3n) is 3.92. The van der Waals surface area contributed by atoms with Gasteiger partial charge in [-0.2, -0.15) is 0 Å². The van der Waals surface area contributed by atoms with E-state index in [0.717, 1.165) is 11.3 Å². The molecule has 2 amide bonds. The summed E-state index contributed by atoms with van der Waals surface area (Å²) >= 11 is 1.27. The summed E-state index contributed by atoms with van der Waals surface area (Å²) in [6, 6.07) is 5.81. The highest BCUT2D eigenvalue weighted by Crippen LogP contribution is 2.40. The van der Waals surface area contributed by atoms with Crippen LogP contribution < -0.4 is 11.1 Å². The molecule has 7 heteroatoms. The summed E-state index contributed by atoms with van der Waals surface area (Å²) in [5, 5.41) is 3.16. The molecule has 0 radical (unpaired) electrons. The smallest absolute Gasteiger partial charge is 0.254 e. The van der Waals surface area contributed by atoms with E-state index in [4.69, 9.17) is 10.5 Å². The van der Waals surface area contributed by atoms with Gasteiger partial charge < -0.3 is 15.8 Å². The molecular formula is C17H17FN2O3S. The SMILES string of the molecule is Cc1sc(NC(=O)[C@H]2CCCO2)c(C(N)=O)c1-c1ccc(F)cc1. The van der Waals surface area contributed by atoms with Crippen molar-refractivity contribution in [1.82, 2.24) is 0 Å². The molecule has 1 saturated heterocycles. The number of carbonyl (C=O) groups is 2. The van der Waals surface area contributed by atoms with Crippen molar-refractivity contribution in [2.45, 2.75) is 25.9 Å². The standard InChI is InChI=1S/C17H17FN2O3S/c1-9-13(10-4-6-11(18)7-5-10)14(15(19)21)17(24-9)20-16(22)12-3-2-8-23-12/h4-7,12H,2-3,8H2,1H3,(H2,19,21)(H,20,22)/t12-/m1/s1. The Morgan fingerprint density at radius 2 is 2.04 bits per heavy atom. The van der Waals surface area contributed by atoms with Gasteiger partial charge in [0, 0.05) is 17.0 Å². The van der Waals surface area contributed by atoms with Crippen molar-refractivity contribution in [3.05, 3.63) is 40.5 Å². The molecule has 24 heavy (non-hydrogen) atoms. The van der Waals surface area contributed by atoms with E-state index in [-0.39, 0.29) is 17.3 Å². The van der Waals surface area contributed by atoms with Crippen molar-refractivity contribution in [3.63, 3.8) is 0 Å². The number of hydrogen-bond donors (Lipinski definition) is 2. The molecule has 2 heterocycles. The van der Waals surface area contributed by atoms with Gasteiger partial charge >= 0.3 is 0 Å². The lowest BCUT2D eigenvalue weighted by atomic mass is 10.0.